The molecule has 0 bridgehead atoms. The summed E-state index contributed by atoms with van der Waals surface area (Å²) in [5.41, 5.74) is 2.62. The van der Waals surface area contributed by atoms with E-state index in [1.807, 2.05) is 0 Å². The third-order valence-corrected chi connectivity index (χ3v) is 4.32. The highest BCUT2D eigenvalue weighted by Gasteiger charge is 1.94. The Morgan fingerprint density at radius 1 is 0.435 bits per heavy atom. The molecule has 0 fully saturated rings. The van der Waals surface area contributed by atoms with Crippen molar-refractivity contribution in [2.45, 2.75) is 117 Å². The van der Waals surface area contributed by atoms with Crippen molar-refractivity contribution >= 4 is 0 Å². The molecular formula is C20H43NO2. The molecule has 0 spiro atoms. The van der Waals surface area contributed by atoms with Gasteiger partial charge in [-0.25, -0.2) is 0 Å². The van der Waals surface area contributed by atoms with Gasteiger partial charge in [0.05, 0.1) is 13.2 Å². The first-order chi connectivity index (χ1) is 11.4. The summed E-state index contributed by atoms with van der Waals surface area (Å²) in [6.07, 6.45) is 21.3. The van der Waals surface area contributed by atoms with Crippen LogP contribution in [0.3, 0.4) is 0 Å². The molecule has 0 aromatic heterocycles. The molecule has 1 N–H and O–H groups in total. The lowest BCUT2D eigenvalue weighted by Crippen LogP contribution is -2.16. The molecule has 0 amide bonds. The quantitative estimate of drug-likeness (QED) is 0.199. The van der Waals surface area contributed by atoms with Crippen molar-refractivity contribution in [3.8, 4) is 0 Å². The first kappa shape index (κ1) is 22.9. The van der Waals surface area contributed by atoms with E-state index in [1.54, 1.807) is 0 Å². The Kier molecular flexibility index (Phi) is 21.8. The van der Waals surface area contributed by atoms with Gasteiger partial charge < -0.3 is 0 Å². The predicted octanol–water partition coefficient (Wildman–Crippen LogP) is 6.72. The first-order valence-electron chi connectivity index (χ1n) is 10.4. The van der Waals surface area contributed by atoms with E-state index in [-0.39, 0.29) is 0 Å². The van der Waals surface area contributed by atoms with Crippen molar-refractivity contribution < 1.29 is 9.68 Å². The summed E-state index contributed by atoms with van der Waals surface area (Å²) >= 11 is 0. The lowest BCUT2D eigenvalue weighted by atomic mass is 10.1. The lowest BCUT2D eigenvalue weighted by Gasteiger charge is -2.06. The molecule has 0 unspecified atom stereocenters. The Morgan fingerprint density at radius 2 is 0.739 bits per heavy atom. The van der Waals surface area contributed by atoms with Crippen molar-refractivity contribution in [2.75, 3.05) is 13.2 Å². The number of nitrogens with one attached hydrogen (secondary N) is 1. The Bertz CT molecular complexity index is 180. The SMILES string of the molecule is CCCCCCCCCCONOCCCCCCCCCC. The fourth-order valence-corrected chi connectivity index (χ4v) is 2.74. The molecule has 3 heteroatoms. The molecule has 0 heterocycles. The minimum absolute atomic E-state index is 0.756. The third kappa shape index (κ3) is 21.9. The highest BCUT2D eigenvalue weighted by atomic mass is 16.9. The van der Waals surface area contributed by atoms with Crippen LogP contribution in [0.15, 0.2) is 0 Å². The van der Waals surface area contributed by atoms with Gasteiger partial charge in [-0.05, 0) is 12.8 Å². The van der Waals surface area contributed by atoms with Crippen LogP contribution in [0.25, 0.3) is 0 Å². The smallest absolute Gasteiger partial charge is 0.0709 e. The summed E-state index contributed by atoms with van der Waals surface area (Å²) in [5, 5.41) is 0. The fraction of sp³-hybridized carbons (Fsp3) is 1.00. The highest BCUT2D eigenvalue weighted by Crippen LogP contribution is 2.09. The molecular weight excluding hydrogens is 286 g/mol. The van der Waals surface area contributed by atoms with Gasteiger partial charge in [-0.1, -0.05) is 109 Å². The number of hydrogen-bond acceptors (Lipinski definition) is 3. The van der Waals surface area contributed by atoms with Crippen molar-refractivity contribution in [3.63, 3.8) is 0 Å². The Morgan fingerprint density at radius 3 is 1.09 bits per heavy atom. The van der Waals surface area contributed by atoms with E-state index in [0.717, 1.165) is 26.1 Å². The molecule has 0 aliphatic rings. The third-order valence-electron chi connectivity index (χ3n) is 4.32. The second kappa shape index (κ2) is 21.9. The molecule has 0 aliphatic carbocycles. The van der Waals surface area contributed by atoms with Gasteiger partial charge in [-0.15, -0.1) is 0 Å². The van der Waals surface area contributed by atoms with Gasteiger partial charge >= 0.3 is 0 Å². The monoisotopic (exact) mass is 329 g/mol. The molecule has 0 saturated carbocycles. The summed E-state index contributed by atoms with van der Waals surface area (Å²) < 4.78 is 0. The largest absolute Gasteiger partial charge is 0.277 e. The summed E-state index contributed by atoms with van der Waals surface area (Å²) in [7, 11) is 0. The average molecular weight is 330 g/mol. The molecule has 0 saturated heterocycles. The summed E-state index contributed by atoms with van der Waals surface area (Å²) in [6.45, 7) is 6.04. The van der Waals surface area contributed by atoms with Crippen LogP contribution in [0.4, 0.5) is 0 Å². The predicted molar refractivity (Wildman–Crippen MR) is 100 cm³/mol. The van der Waals surface area contributed by atoms with Crippen LogP contribution in [0.2, 0.25) is 0 Å². The van der Waals surface area contributed by atoms with E-state index in [0.29, 0.717) is 0 Å². The van der Waals surface area contributed by atoms with Crippen molar-refractivity contribution in [2.24, 2.45) is 0 Å². The fourth-order valence-electron chi connectivity index (χ4n) is 2.74. The molecule has 0 aromatic carbocycles. The Labute approximate surface area is 145 Å². The van der Waals surface area contributed by atoms with Crippen LogP contribution in [-0.2, 0) is 9.68 Å². The molecule has 0 aromatic rings. The van der Waals surface area contributed by atoms with Crippen molar-refractivity contribution in [1.29, 1.82) is 0 Å². The standard InChI is InChI=1S/C20H43NO2/c1-3-5-7-9-11-13-15-17-19-22-21-23-20-18-16-14-12-10-8-6-4-2/h21H,3-20H2,1-2H3. The van der Waals surface area contributed by atoms with Crippen LogP contribution in [-0.4, -0.2) is 13.2 Å². The Hall–Kier alpha value is -0.120. The van der Waals surface area contributed by atoms with Gasteiger partial charge in [0.2, 0.25) is 0 Å². The van der Waals surface area contributed by atoms with Gasteiger partial charge in [0, 0.05) is 0 Å². The number of rotatable bonds is 20. The maximum Gasteiger partial charge on any atom is 0.0709 e. The zero-order valence-electron chi connectivity index (χ0n) is 16.0. The van der Waals surface area contributed by atoms with Gasteiger partial charge in [-0.3, -0.25) is 9.68 Å². The molecule has 0 rings (SSSR count). The van der Waals surface area contributed by atoms with E-state index in [9.17, 15) is 0 Å². The average Bonchev–Trinajstić information content (AvgIpc) is 2.57. The molecule has 0 radical (unpaired) electrons. The van der Waals surface area contributed by atoms with E-state index < -0.39 is 0 Å². The molecule has 3 nitrogen and oxygen atoms in total. The molecule has 140 valence electrons. The van der Waals surface area contributed by atoms with E-state index in [2.05, 4.69) is 19.5 Å². The topological polar surface area (TPSA) is 30.5 Å². The van der Waals surface area contributed by atoms with E-state index in [1.165, 1.54) is 89.9 Å². The van der Waals surface area contributed by atoms with E-state index in [4.69, 9.17) is 9.68 Å². The van der Waals surface area contributed by atoms with Crippen molar-refractivity contribution in [3.05, 3.63) is 0 Å². The second-order valence-corrected chi connectivity index (χ2v) is 6.73. The lowest BCUT2D eigenvalue weighted by molar-refractivity contribution is -0.171. The van der Waals surface area contributed by atoms with Crippen LogP contribution in [0.1, 0.15) is 117 Å². The van der Waals surface area contributed by atoms with Crippen LogP contribution >= 0.6 is 0 Å². The minimum atomic E-state index is 0.756. The molecule has 23 heavy (non-hydrogen) atoms. The summed E-state index contributed by atoms with van der Waals surface area (Å²) in [5.74, 6) is 0. The van der Waals surface area contributed by atoms with Crippen LogP contribution in [0.5, 0.6) is 0 Å². The molecule has 0 aliphatic heterocycles. The number of unbranched alkanes of at least 4 members (excludes halogenated alkanes) is 14. The normalized spacial score (nSPS) is 11.2. The van der Waals surface area contributed by atoms with Gasteiger partial charge in [0.1, 0.15) is 0 Å². The van der Waals surface area contributed by atoms with E-state index >= 15 is 0 Å². The number of hydrogen-bond donors (Lipinski definition) is 1. The first-order valence-corrected chi connectivity index (χ1v) is 10.4. The highest BCUT2D eigenvalue weighted by molar-refractivity contribution is 4.46. The zero-order chi connectivity index (χ0) is 16.8. The Balaban J connectivity index is 2.92. The molecule has 0 atom stereocenters. The van der Waals surface area contributed by atoms with Gasteiger partial charge in [-0.2, -0.15) is 0 Å². The maximum absolute atomic E-state index is 5.28. The van der Waals surface area contributed by atoms with Crippen LogP contribution in [0, 0.1) is 0 Å². The van der Waals surface area contributed by atoms with Crippen molar-refractivity contribution in [1.82, 2.24) is 5.64 Å². The second-order valence-electron chi connectivity index (χ2n) is 6.73. The van der Waals surface area contributed by atoms with Gasteiger partial charge in [0.15, 0.2) is 0 Å². The minimum Gasteiger partial charge on any atom is -0.277 e. The van der Waals surface area contributed by atoms with Gasteiger partial charge in [0.25, 0.3) is 0 Å². The summed E-state index contributed by atoms with van der Waals surface area (Å²) in [4.78, 5) is 10.6. The summed E-state index contributed by atoms with van der Waals surface area (Å²) in [6, 6.07) is 0. The maximum atomic E-state index is 5.28. The zero-order valence-corrected chi connectivity index (χ0v) is 16.0. The van der Waals surface area contributed by atoms with Crippen LogP contribution < -0.4 is 5.64 Å².